The number of aliphatic carboxylic acids is 1. The van der Waals surface area contributed by atoms with Crippen molar-refractivity contribution in [2.75, 3.05) is 13.3 Å². The van der Waals surface area contributed by atoms with Crippen LogP contribution in [0.25, 0.3) is 28.5 Å². The summed E-state index contributed by atoms with van der Waals surface area (Å²) in [5, 5.41) is 19.0. The Bertz CT molecular complexity index is 1310. The Morgan fingerprint density at radius 2 is 1.83 bits per heavy atom. The van der Waals surface area contributed by atoms with Crippen molar-refractivity contribution in [3.63, 3.8) is 0 Å². The quantitative estimate of drug-likeness (QED) is 0.294. The highest BCUT2D eigenvalue weighted by atomic mass is 31.2. The van der Waals surface area contributed by atoms with Crippen molar-refractivity contribution in [3.05, 3.63) is 83.1 Å². The molecule has 3 rings (SSSR count). The normalized spacial score (nSPS) is 14.2. The number of aliphatic hydroxyl groups excluding tert-OH is 1. The standard InChI is InChI=1S/C28H31FNO5P/c1-18(2)28-24(12-13-36(34,35-4)17-22(31)15-27(32)33)25(23-11-10-21(29)14-19(23)3)16-26(30-28)20-8-6-5-7-9-20/h5-14,16,18,22,31H,15,17H2,1-4H3,(H,32,33)/b13-12+/t22-,36?/m0/s1. The fraction of sp³-hybridized carbons (Fsp3) is 0.286. The number of carboxylic acid groups (broad SMARTS) is 1. The fourth-order valence-corrected chi connectivity index (χ4v) is 5.53. The van der Waals surface area contributed by atoms with Crippen LogP contribution in [0, 0.1) is 12.7 Å². The Kier molecular flexibility index (Phi) is 8.96. The van der Waals surface area contributed by atoms with Crippen molar-refractivity contribution in [1.29, 1.82) is 0 Å². The van der Waals surface area contributed by atoms with E-state index in [0.29, 0.717) is 5.56 Å². The van der Waals surface area contributed by atoms with Crippen LogP contribution in [0.15, 0.2) is 60.4 Å². The number of nitrogens with zero attached hydrogens (tertiary/aromatic N) is 1. The molecule has 6 nitrogen and oxygen atoms in total. The van der Waals surface area contributed by atoms with Gasteiger partial charge < -0.3 is 14.7 Å². The molecule has 3 aromatic rings. The highest BCUT2D eigenvalue weighted by Gasteiger charge is 2.25. The molecule has 0 bridgehead atoms. The first-order valence-electron chi connectivity index (χ1n) is 11.6. The van der Waals surface area contributed by atoms with Crippen molar-refractivity contribution in [2.24, 2.45) is 0 Å². The highest BCUT2D eigenvalue weighted by molar-refractivity contribution is 7.62. The first kappa shape index (κ1) is 27.5. The van der Waals surface area contributed by atoms with Crippen LogP contribution in [-0.2, 0) is 13.9 Å². The largest absolute Gasteiger partial charge is 0.481 e. The number of benzene rings is 2. The fourth-order valence-electron chi connectivity index (χ4n) is 4.04. The van der Waals surface area contributed by atoms with Crippen molar-refractivity contribution >= 4 is 19.4 Å². The van der Waals surface area contributed by atoms with E-state index in [-0.39, 0.29) is 17.9 Å². The van der Waals surface area contributed by atoms with Crippen molar-refractivity contribution < 1.29 is 28.5 Å². The van der Waals surface area contributed by atoms with Gasteiger partial charge in [0.15, 0.2) is 0 Å². The molecule has 0 fully saturated rings. The zero-order chi connectivity index (χ0) is 26.5. The number of pyridine rings is 1. The van der Waals surface area contributed by atoms with Gasteiger partial charge in [-0.05, 0) is 53.8 Å². The number of hydrogen-bond acceptors (Lipinski definition) is 5. The number of rotatable bonds is 10. The van der Waals surface area contributed by atoms with Crippen LogP contribution < -0.4 is 0 Å². The van der Waals surface area contributed by atoms with Crippen LogP contribution in [0.2, 0.25) is 0 Å². The van der Waals surface area contributed by atoms with Gasteiger partial charge in [-0.1, -0.05) is 50.2 Å². The minimum Gasteiger partial charge on any atom is -0.481 e. The van der Waals surface area contributed by atoms with Crippen LogP contribution >= 0.6 is 7.37 Å². The van der Waals surface area contributed by atoms with Crippen LogP contribution in [0.5, 0.6) is 0 Å². The number of carboxylic acids is 1. The molecule has 0 aliphatic heterocycles. The summed E-state index contributed by atoms with van der Waals surface area (Å²) < 4.78 is 32.5. The van der Waals surface area contributed by atoms with Gasteiger partial charge in [-0.2, -0.15) is 0 Å². The maximum absolute atomic E-state index is 13.9. The van der Waals surface area contributed by atoms with Crippen LogP contribution in [0.3, 0.4) is 0 Å². The number of aryl methyl sites for hydroxylation is 1. The second-order valence-corrected chi connectivity index (χ2v) is 11.5. The molecule has 0 saturated carbocycles. The molecule has 0 radical (unpaired) electrons. The van der Waals surface area contributed by atoms with Gasteiger partial charge in [0.05, 0.1) is 30.1 Å². The van der Waals surface area contributed by atoms with E-state index in [0.717, 1.165) is 33.6 Å². The number of hydrogen-bond donors (Lipinski definition) is 2. The summed E-state index contributed by atoms with van der Waals surface area (Å²) in [6.45, 7) is 5.83. The van der Waals surface area contributed by atoms with Gasteiger partial charge in [0.25, 0.3) is 0 Å². The zero-order valence-electron chi connectivity index (χ0n) is 20.8. The molecule has 0 spiro atoms. The lowest BCUT2D eigenvalue weighted by atomic mass is 9.90. The van der Waals surface area contributed by atoms with E-state index in [1.807, 2.05) is 57.2 Å². The van der Waals surface area contributed by atoms with Crippen molar-refractivity contribution in [2.45, 2.75) is 39.2 Å². The van der Waals surface area contributed by atoms with Gasteiger partial charge in [0.2, 0.25) is 7.37 Å². The summed E-state index contributed by atoms with van der Waals surface area (Å²) in [5.41, 5.74) is 5.45. The number of carbonyl (C=O) groups is 1. The average molecular weight is 512 g/mol. The Morgan fingerprint density at radius 3 is 2.42 bits per heavy atom. The maximum atomic E-state index is 13.9. The molecule has 2 aromatic carbocycles. The Labute approximate surface area is 210 Å². The van der Waals surface area contributed by atoms with E-state index >= 15 is 0 Å². The Balaban J connectivity index is 2.22. The van der Waals surface area contributed by atoms with E-state index in [2.05, 4.69) is 0 Å². The number of aromatic nitrogens is 1. The molecule has 36 heavy (non-hydrogen) atoms. The molecular weight excluding hydrogens is 480 g/mol. The zero-order valence-corrected chi connectivity index (χ0v) is 21.7. The van der Waals surface area contributed by atoms with Gasteiger partial charge in [0, 0.05) is 24.1 Å². The molecule has 1 aromatic heterocycles. The minimum absolute atomic E-state index is 0.00709. The van der Waals surface area contributed by atoms with Crippen LogP contribution in [-0.4, -0.2) is 40.5 Å². The van der Waals surface area contributed by atoms with Crippen LogP contribution in [0.4, 0.5) is 4.39 Å². The Morgan fingerprint density at radius 1 is 1.14 bits per heavy atom. The molecule has 1 unspecified atom stereocenters. The van der Waals surface area contributed by atoms with E-state index in [4.69, 9.17) is 14.6 Å². The van der Waals surface area contributed by atoms with Gasteiger partial charge in [-0.3, -0.25) is 14.3 Å². The molecular formula is C28H31FNO5P. The summed E-state index contributed by atoms with van der Waals surface area (Å²) in [4.78, 5) is 15.9. The monoisotopic (exact) mass is 511 g/mol. The predicted molar refractivity (Wildman–Crippen MR) is 141 cm³/mol. The third-order valence-electron chi connectivity index (χ3n) is 5.84. The molecule has 2 N–H and O–H groups in total. The first-order valence-corrected chi connectivity index (χ1v) is 13.5. The number of halogens is 1. The molecule has 190 valence electrons. The lowest BCUT2D eigenvalue weighted by molar-refractivity contribution is -0.138. The van der Waals surface area contributed by atoms with Crippen molar-refractivity contribution in [3.8, 4) is 22.4 Å². The van der Waals surface area contributed by atoms with E-state index < -0.39 is 25.9 Å². The highest BCUT2D eigenvalue weighted by Crippen LogP contribution is 2.50. The van der Waals surface area contributed by atoms with Gasteiger partial charge in [-0.25, -0.2) is 4.39 Å². The smallest absolute Gasteiger partial charge is 0.305 e. The second-order valence-electron chi connectivity index (χ2n) is 8.99. The molecule has 8 heteroatoms. The average Bonchev–Trinajstić information content (AvgIpc) is 2.82. The van der Waals surface area contributed by atoms with Gasteiger partial charge in [-0.15, -0.1) is 0 Å². The molecule has 0 saturated heterocycles. The summed E-state index contributed by atoms with van der Waals surface area (Å²) >= 11 is 0. The summed E-state index contributed by atoms with van der Waals surface area (Å²) in [6.07, 6.45) is -0.525. The topological polar surface area (TPSA) is 96.7 Å². The van der Waals surface area contributed by atoms with Gasteiger partial charge >= 0.3 is 5.97 Å². The SMILES string of the molecule is COP(=O)(/C=C/c1c(-c2ccc(F)cc2C)cc(-c2ccccc2)nc1C(C)C)C[C@@H](O)CC(=O)O. The number of aliphatic hydroxyl groups is 1. The Hall–Kier alpha value is -3.12. The van der Waals surface area contributed by atoms with Crippen molar-refractivity contribution in [1.82, 2.24) is 4.98 Å². The van der Waals surface area contributed by atoms with Gasteiger partial charge in [0.1, 0.15) is 5.82 Å². The summed E-state index contributed by atoms with van der Waals surface area (Å²) in [5.74, 6) is -0.143. The van der Waals surface area contributed by atoms with E-state index in [1.165, 1.54) is 25.1 Å². The third kappa shape index (κ3) is 6.76. The second kappa shape index (κ2) is 11.7. The minimum atomic E-state index is -3.51. The van der Waals surface area contributed by atoms with Crippen LogP contribution in [0.1, 0.15) is 43.0 Å². The lowest BCUT2D eigenvalue weighted by Gasteiger charge is -2.19. The molecule has 1 heterocycles. The molecule has 0 aliphatic carbocycles. The summed E-state index contributed by atoms with van der Waals surface area (Å²) in [7, 11) is -2.24. The first-order chi connectivity index (χ1) is 17.0. The van der Waals surface area contributed by atoms with E-state index in [1.54, 1.807) is 12.1 Å². The summed E-state index contributed by atoms with van der Waals surface area (Å²) in [6, 6.07) is 16.2. The molecule has 2 atom stereocenters. The molecule has 0 aliphatic rings. The predicted octanol–water partition coefficient (Wildman–Crippen LogP) is 6.72. The van der Waals surface area contributed by atoms with E-state index in [9.17, 15) is 18.9 Å². The lowest BCUT2D eigenvalue weighted by Crippen LogP contribution is -2.17. The molecule has 0 amide bonds. The maximum Gasteiger partial charge on any atom is 0.305 e. The third-order valence-corrected chi connectivity index (χ3v) is 7.99.